The van der Waals surface area contributed by atoms with Crippen LogP contribution in [-0.4, -0.2) is 11.0 Å². The topological polar surface area (TPSA) is 91.1 Å². The Balaban J connectivity index is 0.00000162. The number of carbonyl (C=O) groups excluding carboxylic acids is 1. The minimum atomic E-state index is -1.23. The number of aromatic carboxylic acids is 1. The smallest absolute Gasteiger partial charge is 0.545 e. The minimum absolute atomic E-state index is 0. The van der Waals surface area contributed by atoms with E-state index in [9.17, 15) is 9.90 Å². The zero-order valence-corrected chi connectivity index (χ0v) is 11.9. The van der Waals surface area contributed by atoms with E-state index < -0.39 is 5.97 Å². The molecule has 5 nitrogen and oxygen atoms in total. The third-order valence-corrected chi connectivity index (χ3v) is 2.21. The van der Waals surface area contributed by atoms with E-state index in [2.05, 4.69) is 10.3 Å². The Morgan fingerprint density at radius 3 is 2.67 bits per heavy atom. The molecule has 0 spiro atoms. The van der Waals surface area contributed by atoms with Crippen LogP contribution in [-0.2, 0) is 0 Å². The van der Waals surface area contributed by atoms with Gasteiger partial charge < -0.3 is 21.0 Å². The van der Waals surface area contributed by atoms with Crippen LogP contribution < -0.4 is 45.7 Å². The Kier molecular flexibility index (Phi) is 5.15. The van der Waals surface area contributed by atoms with Gasteiger partial charge in [0.25, 0.3) is 0 Å². The number of anilines is 3. The first kappa shape index (κ1) is 14.5. The second-order valence-electron chi connectivity index (χ2n) is 3.43. The summed E-state index contributed by atoms with van der Waals surface area (Å²) in [4.78, 5) is 14.7. The normalized spacial score (nSPS) is 9.33. The standard InChI is InChI=1S/C12H11N3O2.Na/c13-11-7-8(5-6-14-11)15-10-4-2-1-3-9(10)12(16)17;/h1-7H,(H,16,17)(H3,13,14,15);/q;+1/p-1. The van der Waals surface area contributed by atoms with Gasteiger partial charge in [-0.25, -0.2) is 4.98 Å². The van der Waals surface area contributed by atoms with Gasteiger partial charge in [-0.05, 0) is 12.1 Å². The molecule has 0 fully saturated rings. The molecule has 0 amide bonds. The Hall–Kier alpha value is -1.56. The molecular weight excluding hydrogens is 241 g/mol. The molecule has 0 saturated heterocycles. The molecule has 1 aromatic heterocycles. The van der Waals surface area contributed by atoms with Crippen molar-refractivity contribution in [2.75, 3.05) is 11.1 Å². The zero-order chi connectivity index (χ0) is 12.3. The molecule has 6 heteroatoms. The summed E-state index contributed by atoms with van der Waals surface area (Å²) >= 11 is 0. The van der Waals surface area contributed by atoms with E-state index in [1.165, 1.54) is 6.07 Å². The van der Waals surface area contributed by atoms with Crippen molar-refractivity contribution in [1.82, 2.24) is 4.98 Å². The third kappa shape index (κ3) is 3.46. The third-order valence-electron chi connectivity index (χ3n) is 2.21. The quantitative estimate of drug-likeness (QED) is 0.603. The van der Waals surface area contributed by atoms with E-state index in [1.807, 2.05) is 0 Å². The van der Waals surface area contributed by atoms with Gasteiger partial charge in [-0.3, -0.25) is 0 Å². The van der Waals surface area contributed by atoms with E-state index in [0.29, 0.717) is 17.2 Å². The zero-order valence-electron chi connectivity index (χ0n) is 9.88. The molecule has 2 rings (SSSR count). The number of nitrogens with one attached hydrogen (secondary N) is 1. The Morgan fingerprint density at radius 1 is 1.28 bits per heavy atom. The van der Waals surface area contributed by atoms with Crippen LogP contribution in [0.2, 0.25) is 0 Å². The van der Waals surface area contributed by atoms with Crippen molar-refractivity contribution in [2.24, 2.45) is 0 Å². The molecular formula is C12H10N3NaO2. The van der Waals surface area contributed by atoms with E-state index in [-0.39, 0.29) is 35.1 Å². The second-order valence-corrected chi connectivity index (χ2v) is 3.43. The van der Waals surface area contributed by atoms with E-state index >= 15 is 0 Å². The molecule has 0 saturated carbocycles. The number of carboxylic acids is 1. The number of carboxylic acid groups (broad SMARTS) is 1. The predicted molar refractivity (Wildman–Crippen MR) is 62.7 cm³/mol. The number of hydrogen-bond acceptors (Lipinski definition) is 5. The number of aromatic nitrogens is 1. The predicted octanol–water partition coefficient (Wildman–Crippen LogP) is -2.23. The number of nitrogen functional groups attached to an aromatic ring is 1. The number of benzene rings is 1. The summed E-state index contributed by atoms with van der Waals surface area (Å²) in [5.41, 5.74) is 6.76. The van der Waals surface area contributed by atoms with E-state index in [0.717, 1.165) is 0 Å². The number of pyridine rings is 1. The maximum atomic E-state index is 10.9. The number of hydrogen-bond donors (Lipinski definition) is 2. The first-order valence-corrected chi connectivity index (χ1v) is 4.96. The van der Waals surface area contributed by atoms with Crippen molar-refractivity contribution in [1.29, 1.82) is 0 Å². The molecule has 0 unspecified atom stereocenters. The average molecular weight is 251 g/mol. The van der Waals surface area contributed by atoms with Crippen molar-refractivity contribution < 1.29 is 39.5 Å². The summed E-state index contributed by atoms with van der Waals surface area (Å²) in [7, 11) is 0. The van der Waals surface area contributed by atoms with Crippen LogP contribution >= 0.6 is 0 Å². The van der Waals surface area contributed by atoms with Gasteiger partial charge in [0.15, 0.2) is 0 Å². The largest absolute Gasteiger partial charge is 1.00 e. The van der Waals surface area contributed by atoms with E-state index in [1.54, 1.807) is 36.5 Å². The van der Waals surface area contributed by atoms with Gasteiger partial charge >= 0.3 is 29.6 Å². The molecule has 1 aromatic carbocycles. The van der Waals surface area contributed by atoms with Gasteiger partial charge in [-0.15, -0.1) is 0 Å². The summed E-state index contributed by atoms with van der Waals surface area (Å²) in [6, 6.07) is 9.81. The van der Waals surface area contributed by atoms with Crippen LogP contribution in [0.1, 0.15) is 10.4 Å². The van der Waals surface area contributed by atoms with Gasteiger partial charge in [0.05, 0.1) is 5.97 Å². The van der Waals surface area contributed by atoms with Crippen molar-refractivity contribution in [3.63, 3.8) is 0 Å². The molecule has 0 aliphatic carbocycles. The SMILES string of the molecule is Nc1cc(Nc2ccccc2C(=O)[O-])ccn1.[Na+]. The monoisotopic (exact) mass is 251 g/mol. The Bertz CT molecular complexity index is 561. The van der Waals surface area contributed by atoms with Gasteiger partial charge in [0.1, 0.15) is 5.82 Å². The second kappa shape index (κ2) is 6.39. The number of nitrogens with two attached hydrogens (primary N) is 1. The summed E-state index contributed by atoms with van der Waals surface area (Å²) in [5.74, 6) is -0.865. The molecule has 18 heavy (non-hydrogen) atoms. The first-order chi connectivity index (χ1) is 8.16. The van der Waals surface area contributed by atoms with Crippen molar-refractivity contribution >= 4 is 23.2 Å². The van der Waals surface area contributed by atoms with Crippen LogP contribution in [0, 0.1) is 0 Å². The number of nitrogens with zero attached hydrogens (tertiary/aromatic N) is 1. The van der Waals surface area contributed by atoms with Crippen molar-refractivity contribution in [3.8, 4) is 0 Å². The van der Waals surface area contributed by atoms with Crippen LogP contribution in [0.25, 0.3) is 0 Å². The Morgan fingerprint density at radius 2 is 2.00 bits per heavy atom. The average Bonchev–Trinajstić information content (AvgIpc) is 2.29. The van der Waals surface area contributed by atoms with Crippen molar-refractivity contribution in [2.45, 2.75) is 0 Å². The minimum Gasteiger partial charge on any atom is -0.545 e. The van der Waals surface area contributed by atoms with Crippen molar-refractivity contribution in [3.05, 3.63) is 48.2 Å². The number of para-hydroxylation sites is 1. The van der Waals surface area contributed by atoms with Gasteiger partial charge in [-0.1, -0.05) is 18.2 Å². The van der Waals surface area contributed by atoms with Gasteiger partial charge in [0.2, 0.25) is 0 Å². The summed E-state index contributed by atoms with van der Waals surface area (Å²) in [6.07, 6.45) is 1.54. The summed E-state index contributed by atoms with van der Waals surface area (Å²) in [6.45, 7) is 0. The van der Waals surface area contributed by atoms with Gasteiger partial charge in [-0.2, -0.15) is 0 Å². The first-order valence-electron chi connectivity index (χ1n) is 4.96. The maximum Gasteiger partial charge on any atom is 1.00 e. The number of rotatable bonds is 3. The van der Waals surface area contributed by atoms with Crippen LogP contribution in [0.3, 0.4) is 0 Å². The molecule has 0 bridgehead atoms. The summed E-state index contributed by atoms with van der Waals surface area (Å²) < 4.78 is 0. The number of carbonyl (C=O) groups is 1. The Labute approximate surface area is 126 Å². The molecule has 2 aromatic rings. The fourth-order valence-electron chi connectivity index (χ4n) is 1.45. The van der Waals surface area contributed by atoms with Gasteiger partial charge in [0, 0.05) is 29.2 Å². The maximum absolute atomic E-state index is 10.9. The molecule has 0 aliphatic rings. The molecule has 86 valence electrons. The molecule has 3 N–H and O–H groups in total. The molecule has 0 atom stereocenters. The van der Waals surface area contributed by atoms with Crippen LogP contribution in [0.5, 0.6) is 0 Å². The van der Waals surface area contributed by atoms with Crippen LogP contribution in [0.4, 0.5) is 17.2 Å². The molecule has 1 heterocycles. The molecule has 0 radical (unpaired) electrons. The fourth-order valence-corrected chi connectivity index (χ4v) is 1.45. The molecule has 0 aliphatic heterocycles. The fraction of sp³-hybridized carbons (Fsp3) is 0. The van der Waals surface area contributed by atoms with E-state index in [4.69, 9.17) is 5.73 Å². The van der Waals surface area contributed by atoms with Crippen LogP contribution in [0.15, 0.2) is 42.6 Å². The summed E-state index contributed by atoms with van der Waals surface area (Å²) in [5, 5.41) is 13.8.